The normalized spacial score (nSPS) is 21.4. The smallest absolute Gasteiger partial charge is 0.425 e. The van der Waals surface area contributed by atoms with Gasteiger partial charge in [0, 0.05) is 23.4 Å². The highest BCUT2D eigenvalue weighted by Gasteiger charge is 2.72. The zero-order valence-electron chi connectivity index (χ0n) is 20.2. The molecule has 4 rings (SSSR count). The third-order valence-corrected chi connectivity index (χ3v) is 6.41. The van der Waals surface area contributed by atoms with Crippen LogP contribution in [0.3, 0.4) is 0 Å². The van der Waals surface area contributed by atoms with Gasteiger partial charge in [-0.2, -0.15) is 13.2 Å². The van der Waals surface area contributed by atoms with Crippen LogP contribution < -0.4 is 19.7 Å². The second-order valence-electron chi connectivity index (χ2n) is 9.51. The van der Waals surface area contributed by atoms with E-state index in [0.29, 0.717) is 0 Å². The molecule has 2 aromatic carbocycles. The van der Waals surface area contributed by atoms with Crippen LogP contribution in [0.4, 0.5) is 18.9 Å². The first-order chi connectivity index (χ1) is 16.9. The number of hydrogen-bond acceptors (Lipinski definition) is 5. The lowest BCUT2D eigenvalue weighted by Gasteiger charge is -2.35. The first-order valence-electron chi connectivity index (χ1n) is 11.1. The summed E-state index contributed by atoms with van der Waals surface area (Å²) in [6.45, 7) is 3.50. The Balaban J connectivity index is 1.90. The van der Waals surface area contributed by atoms with E-state index in [2.05, 4.69) is 0 Å². The molecule has 1 heterocycles. The molecule has 0 aromatic heterocycles. The van der Waals surface area contributed by atoms with Crippen LogP contribution >= 0.6 is 0 Å². The molecule has 0 bridgehead atoms. The molecule has 0 unspecified atom stereocenters. The molecule has 0 saturated heterocycles. The summed E-state index contributed by atoms with van der Waals surface area (Å²) in [4.78, 5) is 41.1. The van der Waals surface area contributed by atoms with Crippen molar-refractivity contribution in [3.63, 3.8) is 0 Å². The number of para-hydroxylation sites is 1. The van der Waals surface area contributed by atoms with Gasteiger partial charge in [0.2, 0.25) is 5.54 Å². The number of nitrogens with one attached hydrogen (secondary N) is 1. The number of benzene rings is 2. The number of halogens is 3. The Morgan fingerprint density at radius 1 is 0.972 bits per heavy atom. The van der Waals surface area contributed by atoms with Crippen molar-refractivity contribution >= 4 is 23.3 Å². The largest absolute Gasteiger partial charge is 0.493 e. The first kappa shape index (κ1) is 25.3. The summed E-state index contributed by atoms with van der Waals surface area (Å²) in [6, 6.07) is 11.6. The van der Waals surface area contributed by atoms with Crippen molar-refractivity contribution < 1.29 is 37.0 Å². The molecular formula is C26H25F3N2O5. The minimum atomic E-state index is -5.31. The Kier molecular flexibility index (Phi) is 6.10. The van der Waals surface area contributed by atoms with E-state index < -0.39 is 40.3 Å². The van der Waals surface area contributed by atoms with Crippen LogP contribution in [0.1, 0.15) is 37.0 Å². The molecule has 0 fully saturated rings. The number of alkyl halides is 3. The van der Waals surface area contributed by atoms with E-state index in [0.717, 1.165) is 4.90 Å². The molecule has 0 saturated carbocycles. The highest BCUT2D eigenvalue weighted by atomic mass is 19.4. The number of Topliss-reactive ketones (excluding diaryl/α,β-unsaturated/α-hetero) is 1. The Morgan fingerprint density at radius 2 is 1.61 bits per heavy atom. The van der Waals surface area contributed by atoms with Gasteiger partial charge in [0.15, 0.2) is 17.3 Å². The molecule has 190 valence electrons. The third kappa shape index (κ3) is 3.90. The maximum absolute atomic E-state index is 14.9. The monoisotopic (exact) mass is 502 g/mol. The van der Waals surface area contributed by atoms with Gasteiger partial charge < -0.3 is 14.8 Å². The summed E-state index contributed by atoms with van der Waals surface area (Å²) in [5.74, 6) is -3.10. The second-order valence-corrected chi connectivity index (χ2v) is 9.51. The average Bonchev–Trinajstić information content (AvgIpc) is 3.06. The Morgan fingerprint density at radius 3 is 2.19 bits per heavy atom. The Bertz CT molecular complexity index is 1270. The summed E-state index contributed by atoms with van der Waals surface area (Å²) in [5, 5.41) is 1.91. The molecule has 10 heteroatoms. The van der Waals surface area contributed by atoms with Crippen LogP contribution in [0.15, 0.2) is 59.8 Å². The van der Waals surface area contributed by atoms with E-state index in [1.54, 1.807) is 32.0 Å². The summed E-state index contributed by atoms with van der Waals surface area (Å²) in [6.07, 6.45) is -5.47. The molecule has 2 amide bonds. The fraction of sp³-hybridized carbons (Fsp3) is 0.346. The summed E-state index contributed by atoms with van der Waals surface area (Å²) in [7, 11) is 2.68. The van der Waals surface area contributed by atoms with E-state index in [1.165, 1.54) is 44.6 Å². The molecule has 0 radical (unpaired) electrons. The Hall–Kier alpha value is -3.82. The van der Waals surface area contributed by atoms with Gasteiger partial charge in [0.25, 0.3) is 11.8 Å². The van der Waals surface area contributed by atoms with Crippen LogP contribution in [-0.4, -0.2) is 43.5 Å². The molecule has 2 aromatic rings. The van der Waals surface area contributed by atoms with Gasteiger partial charge >= 0.3 is 6.18 Å². The molecule has 1 N–H and O–H groups in total. The second kappa shape index (κ2) is 8.69. The molecule has 36 heavy (non-hydrogen) atoms. The van der Waals surface area contributed by atoms with E-state index in [9.17, 15) is 27.6 Å². The number of carbonyl (C=O) groups excluding carboxylic acids is 3. The van der Waals surface area contributed by atoms with Gasteiger partial charge in [-0.1, -0.05) is 32.0 Å². The minimum Gasteiger partial charge on any atom is -0.493 e. The van der Waals surface area contributed by atoms with Crippen molar-refractivity contribution in [2.24, 2.45) is 5.41 Å². The molecule has 0 spiro atoms. The first-order valence-corrected chi connectivity index (χ1v) is 11.1. The van der Waals surface area contributed by atoms with Crippen LogP contribution in [-0.2, 0) is 9.59 Å². The number of hydrogen-bond donors (Lipinski definition) is 1. The fourth-order valence-electron chi connectivity index (χ4n) is 4.82. The van der Waals surface area contributed by atoms with Crippen LogP contribution in [0.5, 0.6) is 11.5 Å². The van der Waals surface area contributed by atoms with Gasteiger partial charge in [-0.05, 0) is 42.2 Å². The van der Waals surface area contributed by atoms with Gasteiger partial charge in [0.05, 0.1) is 19.8 Å². The number of anilines is 1. The van der Waals surface area contributed by atoms with E-state index in [-0.39, 0.29) is 41.3 Å². The van der Waals surface area contributed by atoms with Crippen molar-refractivity contribution in [2.45, 2.75) is 38.4 Å². The van der Waals surface area contributed by atoms with Crippen molar-refractivity contribution in [1.29, 1.82) is 0 Å². The van der Waals surface area contributed by atoms with Crippen LogP contribution in [0.25, 0.3) is 0 Å². The molecule has 1 aliphatic heterocycles. The number of methoxy groups -OCH3 is 2. The van der Waals surface area contributed by atoms with Crippen molar-refractivity contribution in [3.8, 4) is 11.5 Å². The topological polar surface area (TPSA) is 84.9 Å². The molecule has 1 atom stereocenters. The highest BCUT2D eigenvalue weighted by molar-refractivity contribution is 6.21. The summed E-state index contributed by atoms with van der Waals surface area (Å²) < 4.78 is 55.1. The highest BCUT2D eigenvalue weighted by Crippen LogP contribution is 2.52. The molecule has 7 nitrogen and oxygen atoms in total. The van der Waals surface area contributed by atoms with Gasteiger partial charge in [-0.15, -0.1) is 0 Å². The van der Waals surface area contributed by atoms with E-state index in [1.807, 2.05) is 5.32 Å². The van der Waals surface area contributed by atoms with Crippen LogP contribution in [0.2, 0.25) is 0 Å². The zero-order chi connectivity index (χ0) is 26.5. The summed E-state index contributed by atoms with van der Waals surface area (Å²) in [5.41, 5.74) is -5.05. The third-order valence-electron chi connectivity index (χ3n) is 6.41. The maximum Gasteiger partial charge on any atom is 0.425 e. The number of rotatable bonds is 5. The average molecular weight is 502 g/mol. The number of ketones is 1. The summed E-state index contributed by atoms with van der Waals surface area (Å²) >= 11 is 0. The van der Waals surface area contributed by atoms with Gasteiger partial charge in [-0.3, -0.25) is 19.3 Å². The fourth-order valence-corrected chi connectivity index (χ4v) is 4.82. The van der Waals surface area contributed by atoms with E-state index >= 15 is 0 Å². The van der Waals surface area contributed by atoms with Gasteiger partial charge in [0.1, 0.15) is 0 Å². The minimum absolute atomic E-state index is 0.0404. The lowest BCUT2D eigenvalue weighted by Crippen LogP contribution is -2.66. The lowest BCUT2D eigenvalue weighted by atomic mass is 9.72. The predicted octanol–water partition coefficient (Wildman–Crippen LogP) is 4.42. The van der Waals surface area contributed by atoms with Crippen LogP contribution in [0, 0.1) is 5.41 Å². The number of amides is 2. The van der Waals surface area contributed by atoms with E-state index in [4.69, 9.17) is 9.47 Å². The quantitative estimate of drug-likeness (QED) is 0.654. The zero-order valence-corrected chi connectivity index (χ0v) is 20.2. The predicted molar refractivity (Wildman–Crippen MR) is 125 cm³/mol. The molecule has 2 aliphatic rings. The number of nitrogens with zero attached hydrogens (tertiary/aromatic N) is 1. The van der Waals surface area contributed by atoms with Crippen molar-refractivity contribution in [1.82, 2.24) is 5.32 Å². The van der Waals surface area contributed by atoms with Gasteiger partial charge in [-0.25, -0.2) is 0 Å². The number of ether oxygens (including phenoxy) is 2. The van der Waals surface area contributed by atoms with Crippen molar-refractivity contribution in [3.05, 3.63) is 65.4 Å². The number of allylic oxidation sites excluding steroid dienone is 1. The maximum atomic E-state index is 14.9. The Labute approximate surface area is 205 Å². The SMILES string of the molecule is COc1ccc(C(=O)N[C@@]2(C(F)(F)F)C(=O)N(c3ccccc3)C3=C2C(=O)CC(C)(C)C3)cc1OC. The lowest BCUT2D eigenvalue weighted by molar-refractivity contribution is -0.186. The van der Waals surface area contributed by atoms with Crippen molar-refractivity contribution in [2.75, 3.05) is 19.1 Å². The molecule has 1 aliphatic carbocycles. The number of carbonyl (C=O) groups is 3. The standard InChI is InChI=1S/C26H25F3N2O5/c1-24(2)13-17-21(18(32)14-24)25(26(27,28)29,23(34)31(17)16-8-6-5-7-9-16)30-22(33)15-10-11-19(35-3)20(12-15)36-4/h5-12H,13-14H2,1-4H3,(H,30,33)/t25-/m1/s1. The molecular weight excluding hydrogens is 477 g/mol.